The van der Waals surface area contributed by atoms with Crippen molar-refractivity contribution in [2.45, 2.75) is 26.3 Å². The van der Waals surface area contributed by atoms with Crippen LogP contribution in [0, 0.1) is 5.92 Å². The summed E-state index contributed by atoms with van der Waals surface area (Å²) in [4.78, 5) is 10.2. The van der Waals surface area contributed by atoms with Crippen LogP contribution in [0.25, 0.3) is 0 Å². The fourth-order valence-corrected chi connectivity index (χ4v) is 1.96. The van der Waals surface area contributed by atoms with Crippen molar-refractivity contribution in [2.75, 3.05) is 26.0 Å². The van der Waals surface area contributed by atoms with E-state index < -0.39 is 0 Å². The highest BCUT2D eigenvalue weighted by atomic mass is 35.5. The molecule has 0 spiro atoms. The highest BCUT2D eigenvalue weighted by Crippen LogP contribution is 2.19. The van der Waals surface area contributed by atoms with E-state index in [1.807, 2.05) is 0 Å². The zero-order valence-corrected chi connectivity index (χ0v) is 11.7. The molecule has 1 aromatic rings. The molecule has 0 aliphatic heterocycles. The average Bonchev–Trinajstić information content (AvgIpc) is 2.19. The van der Waals surface area contributed by atoms with Crippen molar-refractivity contribution in [1.29, 1.82) is 0 Å². The van der Waals surface area contributed by atoms with Crippen LogP contribution in [0.3, 0.4) is 0 Å². The lowest BCUT2D eigenvalue weighted by Crippen LogP contribution is -2.33. The number of hydrogen-bond donors (Lipinski definition) is 1. The van der Waals surface area contributed by atoms with Gasteiger partial charge < -0.3 is 10.2 Å². The normalized spacial score (nSPS) is 13.1. The largest absolute Gasteiger partial charge is 0.365 e. The van der Waals surface area contributed by atoms with Crippen LogP contribution in [0.1, 0.15) is 20.3 Å². The smallest absolute Gasteiger partial charge is 0.148 e. The zero-order valence-electron chi connectivity index (χ0n) is 10.9. The van der Waals surface area contributed by atoms with Crippen LogP contribution < -0.4 is 5.32 Å². The lowest BCUT2D eigenvalue weighted by molar-refractivity contribution is 0.356. The third kappa shape index (κ3) is 5.33. The van der Waals surface area contributed by atoms with Crippen molar-refractivity contribution < 1.29 is 0 Å². The Morgan fingerprint density at radius 3 is 2.65 bits per heavy atom. The Kier molecular flexibility index (Phi) is 5.65. The van der Waals surface area contributed by atoms with E-state index in [1.54, 1.807) is 6.20 Å². The molecular weight excluding hydrogens is 236 g/mol. The molecule has 0 saturated carbocycles. The third-order valence-electron chi connectivity index (χ3n) is 2.35. The minimum atomic E-state index is 0.345. The van der Waals surface area contributed by atoms with Crippen LogP contribution in [-0.2, 0) is 0 Å². The standard InChI is InChI=1S/C12H21ClN4/c1-9(2)5-10(7-17(3)4)16-12-11(13)6-14-8-15-12/h6,8-10H,5,7H2,1-4H3,(H,14,15,16). The summed E-state index contributed by atoms with van der Waals surface area (Å²) in [6.07, 6.45) is 4.20. The molecule has 0 radical (unpaired) electrons. The molecule has 4 nitrogen and oxygen atoms in total. The van der Waals surface area contributed by atoms with Gasteiger partial charge in [-0.15, -0.1) is 0 Å². The van der Waals surface area contributed by atoms with E-state index in [4.69, 9.17) is 11.6 Å². The molecule has 0 saturated heterocycles. The second kappa shape index (κ2) is 6.77. The Morgan fingerprint density at radius 1 is 1.41 bits per heavy atom. The summed E-state index contributed by atoms with van der Waals surface area (Å²) in [6, 6.07) is 0.345. The van der Waals surface area contributed by atoms with Gasteiger partial charge in [0.05, 0.1) is 6.20 Å². The van der Waals surface area contributed by atoms with Gasteiger partial charge in [0.15, 0.2) is 0 Å². The van der Waals surface area contributed by atoms with E-state index in [0.717, 1.165) is 13.0 Å². The first-order chi connectivity index (χ1) is 7.99. The van der Waals surface area contributed by atoms with Crippen LogP contribution in [0.15, 0.2) is 12.5 Å². The molecule has 0 fully saturated rings. The molecule has 0 amide bonds. The van der Waals surface area contributed by atoms with Gasteiger partial charge in [0.25, 0.3) is 0 Å². The summed E-state index contributed by atoms with van der Waals surface area (Å²) in [7, 11) is 4.13. The van der Waals surface area contributed by atoms with Crippen LogP contribution in [-0.4, -0.2) is 41.5 Å². The number of aromatic nitrogens is 2. The topological polar surface area (TPSA) is 41.0 Å². The lowest BCUT2D eigenvalue weighted by atomic mass is 10.0. The van der Waals surface area contributed by atoms with Crippen LogP contribution in [0.4, 0.5) is 5.82 Å². The van der Waals surface area contributed by atoms with Crippen LogP contribution in [0.5, 0.6) is 0 Å². The summed E-state index contributed by atoms with van der Waals surface area (Å²) in [5.41, 5.74) is 0. The summed E-state index contributed by atoms with van der Waals surface area (Å²) < 4.78 is 0. The van der Waals surface area contributed by atoms with E-state index in [1.165, 1.54) is 6.33 Å². The molecule has 17 heavy (non-hydrogen) atoms. The molecule has 0 aliphatic carbocycles. The molecular formula is C12H21ClN4. The molecule has 0 aliphatic rings. The van der Waals surface area contributed by atoms with E-state index in [9.17, 15) is 0 Å². The van der Waals surface area contributed by atoms with Gasteiger partial charge in [0.2, 0.25) is 0 Å². The molecule has 1 unspecified atom stereocenters. The van der Waals surface area contributed by atoms with Gasteiger partial charge >= 0.3 is 0 Å². The second-order valence-electron chi connectivity index (χ2n) is 4.95. The fourth-order valence-electron chi connectivity index (χ4n) is 1.80. The van der Waals surface area contributed by atoms with Crippen molar-refractivity contribution in [1.82, 2.24) is 14.9 Å². The Labute approximate surface area is 108 Å². The molecule has 1 N–H and O–H groups in total. The minimum Gasteiger partial charge on any atom is -0.365 e. The number of anilines is 1. The molecule has 5 heteroatoms. The highest BCUT2D eigenvalue weighted by Gasteiger charge is 2.14. The minimum absolute atomic E-state index is 0.345. The molecule has 0 bridgehead atoms. The van der Waals surface area contributed by atoms with Gasteiger partial charge in [-0.3, -0.25) is 0 Å². The maximum Gasteiger partial charge on any atom is 0.148 e. The molecule has 1 rings (SSSR count). The number of nitrogens with one attached hydrogen (secondary N) is 1. The van der Waals surface area contributed by atoms with Gasteiger partial charge in [-0.25, -0.2) is 9.97 Å². The van der Waals surface area contributed by atoms with Crippen LogP contribution in [0.2, 0.25) is 5.02 Å². The molecule has 96 valence electrons. The molecule has 1 aromatic heterocycles. The summed E-state index contributed by atoms with van der Waals surface area (Å²) in [6.45, 7) is 5.39. The van der Waals surface area contributed by atoms with Crippen molar-refractivity contribution in [3.63, 3.8) is 0 Å². The van der Waals surface area contributed by atoms with Gasteiger partial charge in [0, 0.05) is 12.6 Å². The van der Waals surface area contributed by atoms with Crippen molar-refractivity contribution in [2.24, 2.45) is 5.92 Å². The number of halogens is 1. The number of rotatable bonds is 6. The van der Waals surface area contributed by atoms with Gasteiger partial charge in [-0.1, -0.05) is 25.4 Å². The Morgan fingerprint density at radius 2 is 2.12 bits per heavy atom. The average molecular weight is 257 g/mol. The Bertz CT molecular complexity index is 331. The van der Waals surface area contributed by atoms with E-state index in [-0.39, 0.29) is 0 Å². The van der Waals surface area contributed by atoms with Gasteiger partial charge in [-0.05, 0) is 26.4 Å². The van der Waals surface area contributed by atoms with E-state index in [2.05, 4.69) is 48.1 Å². The number of likely N-dealkylation sites (N-methyl/N-ethyl adjacent to an activating group) is 1. The highest BCUT2D eigenvalue weighted by molar-refractivity contribution is 6.32. The van der Waals surface area contributed by atoms with Crippen molar-refractivity contribution in [3.8, 4) is 0 Å². The molecule has 1 atom stereocenters. The number of nitrogens with zero attached hydrogens (tertiary/aromatic N) is 3. The summed E-state index contributed by atoms with van der Waals surface area (Å²) in [5, 5.41) is 3.95. The van der Waals surface area contributed by atoms with Crippen molar-refractivity contribution in [3.05, 3.63) is 17.5 Å². The second-order valence-corrected chi connectivity index (χ2v) is 5.36. The first-order valence-electron chi connectivity index (χ1n) is 5.85. The quantitative estimate of drug-likeness (QED) is 0.849. The van der Waals surface area contributed by atoms with Crippen molar-refractivity contribution >= 4 is 17.4 Å². The van der Waals surface area contributed by atoms with Crippen LogP contribution >= 0.6 is 11.6 Å². The van der Waals surface area contributed by atoms with E-state index >= 15 is 0 Å². The summed E-state index contributed by atoms with van der Waals surface area (Å²) >= 11 is 6.04. The first kappa shape index (κ1) is 14.2. The zero-order chi connectivity index (χ0) is 12.8. The first-order valence-corrected chi connectivity index (χ1v) is 6.23. The predicted octanol–water partition coefficient (Wildman–Crippen LogP) is 2.52. The predicted molar refractivity (Wildman–Crippen MR) is 72.5 cm³/mol. The number of hydrogen-bond acceptors (Lipinski definition) is 4. The third-order valence-corrected chi connectivity index (χ3v) is 2.63. The maximum absolute atomic E-state index is 6.04. The fraction of sp³-hybridized carbons (Fsp3) is 0.667. The summed E-state index contributed by atoms with van der Waals surface area (Å²) in [5.74, 6) is 1.35. The van der Waals surface area contributed by atoms with Gasteiger partial charge in [-0.2, -0.15) is 0 Å². The Hall–Kier alpha value is -0.870. The Balaban J connectivity index is 2.68. The monoisotopic (exact) mass is 256 g/mol. The SMILES string of the molecule is CC(C)CC(CN(C)C)Nc1ncncc1Cl. The lowest BCUT2D eigenvalue weighted by Gasteiger charge is -2.24. The molecule has 1 heterocycles. The van der Waals surface area contributed by atoms with E-state index in [0.29, 0.717) is 22.8 Å². The molecule has 0 aromatic carbocycles. The van der Waals surface area contributed by atoms with Gasteiger partial charge in [0.1, 0.15) is 17.2 Å². The maximum atomic E-state index is 6.04.